The van der Waals surface area contributed by atoms with Crippen LogP contribution in [0.2, 0.25) is 0 Å². The van der Waals surface area contributed by atoms with Crippen LogP contribution in [-0.2, 0) is 11.4 Å². The third-order valence-electron chi connectivity index (χ3n) is 5.01. The quantitative estimate of drug-likeness (QED) is 0.842. The van der Waals surface area contributed by atoms with Crippen molar-refractivity contribution < 1.29 is 15.0 Å². The number of carbonyl (C=O) groups excluding carboxylic acids is 1. The third kappa shape index (κ3) is 2.45. The summed E-state index contributed by atoms with van der Waals surface area (Å²) in [5.41, 5.74) is 4.88. The van der Waals surface area contributed by atoms with Crippen LogP contribution in [0.4, 0.5) is 0 Å². The van der Waals surface area contributed by atoms with E-state index in [0.29, 0.717) is 0 Å². The maximum absolute atomic E-state index is 12.1. The predicted octanol–water partition coefficient (Wildman–Crippen LogP) is 4.15. The van der Waals surface area contributed by atoms with E-state index in [0.717, 1.165) is 37.6 Å². The average Bonchev–Trinajstić information content (AvgIpc) is 2.63. The van der Waals surface area contributed by atoms with Crippen LogP contribution in [0.5, 0.6) is 5.75 Å². The Morgan fingerprint density at radius 3 is 2.54 bits per heavy atom. The molecule has 2 aromatic rings. The summed E-state index contributed by atoms with van der Waals surface area (Å²) in [6.07, 6.45) is 9.52. The van der Waals surface area contributed by atoms with Gasteiger partial charge in [0, 0.05) is 9.80 Å². The standard InChI is InChI=1S/C22H20O3S/c1-26(2)20-11-15(24)7-9-18(20)22(17-6-4-3-5-14(17)13-23)19-10-8-16(25)12-21(19)26/h3-12,23-24H,13H2,1-2H3. The Kier molecular flexibility index (Phi) is 3.90. The molecule has 2 N–H and O–H groups in total. The number of aromatic hydroxyl groups is 1. The molecule has 0 amide bonds. The Labute approximate surface area is 154 Å². The minimum absolute atomic E-state index is 0.0114. The zero-order valence-electron chi connectivity index (χ0n) is 14.7. The highest BCUT2D eigenvalue weighted by molar-refractivity contribution is 8.36. The van der Waals surface area contributed by atoms with Crippen molar-refractivity contribution in [2.75, 3.05) is 12.5 Å². The van der Waals surface area contributed by atoms with Crippen LogP contribution < -0.4 is 0 Å². The van der Waals surface area contributed by atoms with Gasteiger partial charge in [0.1, 0.15) is 5.75 Å². The summed E-state index contributed by atoms with van der Waals surface area (Å²) in [4.78, 5) is 14.2. The van der Waals surface area contributed by atoms with Crippen molar-refractivity contribution in [3.05, 3.63) is 87.9 Å². The lowest BCUT2D eigenvalue weighted by atomic mass is 9.88. The summed E-state index contributed by atoms with van der Waals surface area (Å²) < 4.78 is 0. The number of phenolic OH excluding ortho intramolecular Hbond substituents is 1. The number of aliphatic hydroxyl groups is 1. The van der Waals surface area contributed by atoms with E-state index in [1.807, 2.05) is 42.5 Å². The molecule has 1 aliphatic heterocycles. The van der Waals surface area contributed by atoms with E-state index in [1.165, 1.54) is 0 Å². The van der Waals surface area contributed by atoms with Gasteiger partial charge in [-0.05, 0) is 76.8 Å². The summed E-state index contributed by atoms with van der Waals surface area (Å²) in [5, 5.41) is 19.9. The predicted molar refractivity (Wildman–Crippen MR) is 106 cm³/mol. The summed E-state index contributed by atoms with van der Waals surface area (Å²) in [6, 6.07) is 13.2. The van der Waals surface area contributed by atoms with Crippen LogP contribution in [0.3, 0.4) is 0 Å². The molecule has 132 valence electrons. The van der Waals surface area contributed by atoms with Crippen LogP contribution in [0.15, 0.2) is 76.1 Å². The topological polar surface area (TPSA) is 57.5 Å². The van der Waals surface area contributed by atoms with Crippen LogP contribution >= 0.6 is 10.0 Å². The lowest BCUT2D eigenvalue weighted by Gasteiger charge is -2.43. The number of aliphatic hydroxyl groups excluding tert-OH is 1. The normalized spacial score (nSPS) is 18.9. The number of rotatable bonds is 2. The number of ketones is 1. The fourth-order valence-electron chi connectivity index (χ4n) is 3.73. The SMILES string of the molecule is CS1(C)C2=CC(=O)C=CC2=C(c2ccccc2CO)c2ccc(O)cc21. The zero-order valence-corrected chi connectivity index (χ0v) is 15.5. The zero-order chi connectivity index (χ0) is 18.5. The Hall–Kier alpha value is -2.56. The minimum atomic E-state index is -1.45. The molecule has 0 saturated heterocycles. The Morgan fingerprint density at radius 2 is 1.77 bits per heavy atom. The van der Waals surface area contributed by atoms with Gasteiger partial charge in [0.2, 0.25) is 0 Å². The number of allylic oxidation sites excluding steroid dienone is 4. The van der Waals surface area contributed by atoms with E-state index < -0.39 is 10.0 Å². The van der Waals surface area contributed by atoms with E-state index >= 15 is 0 Å². The molecule has 0 radical (unpaired) electrons. The molecule has 2 aliphatic rings. The first kappa shape index (κ1) is 16.9. The van der Waals surface area contributed by atoms with Gasteiger partial charge in [-0.25, -0.2) is 0 Å². The first-order chi connectivity index (χ1) is 12.4. The van der Waals surface area contributed by atoms with E-state index in [2.05, 4.69) is 12.5 Å². The summed E-state index contributed by atoms with van der Waals surface area (Å²) >= 11 is 0. The van der Waals surface area contributed by atoms with Gasteiger partial charge in [-0.2, -0.15) is 10.0 Å². The van der Waals surface area contributed by atoms with Gasteiger partial charge >= 0.3 is 0 Å². The first-order valence-corrected chi connectivity index (χ1v) is 10.8. The number of fused-ring (bicyclic) bond motifs is 2. The van der Waals surface area contributed by atoms with Crippen molar-refractivity contribution in [1.29, 1.82) is 0 Å². The second-order valence-electron chi connectivity index (χ2n) is 6.86. The van der Waals surface area contributed by atoms with E-state index in [4.69, 9.17) is 0 Å². The second kappa shape index (κ2) is 6.01. The van der Waals surface area contributed by atoms with Crippen molar-refractivity contribution in [3.63, 3.8) is 0 Å². The van der Waals surface area contributed by atoms with Crippen molar-refractivity contribution >= 4 is 21.4 Å². The second-order valence-corrected chi connectivity index (χ2v) is 10.4. The van der Waals surface area contributed by atoms with Gasteiger partial charge in [0.15, 0.2) is 5.78 Å². The highest BCUT2D eigenvalue weighted by atomic mass is 32.3. The number of hydrogen-bond acceptors (Lipinski definition) is 3. The lowest BCUT2D eigenvalue weighted by Crippen LogP contribution is -2.16. The molecule has 0 bridgehead atoms. The molecule has 0 fully saturated rings. The van der Waals surface area contributed by atoms with Gasteiger partial charge in [-0.1, -0.05) is 24.3 Å². The highest BCUT2D eigenvalue weighted by Gasteiger charge is 2.35. The Morgan fingerprint density at radius 1 is 1.00 bits per heavy atom. The van der Waals surface area contributed by atoms with E-state index in [1.54, 1.807) is 18.2 Å². The molecule has 0 spiro atoms. The molecular formula is C22H20O3S. The molecular weight excluding hydrogens is 344 g/mol. The van der Waals surface area contributed by atoms with Crippen LogP contribution in [0.25, 0.3) is 5.57 Å². The van der Waals surface area contributed by atoms with Crippen molar-refractivity contribution in [3.8, 4) is 5.75 Å². The van der Waals surface area contributed by atoms with Crippen molar-refractivity contribution in [1.82, 2.24) is 0 Å². The largest absolute Gasteiger partial charge is 0.508 e. The van der Waals surface area contributed by atoms with Crippen molar-refractivity contribution in [2.24, 2.45) is 0 Å². The van der Waals surface area contributed by atoms with Gasteiger partial charge in [0.05, 0.1) is 6.61 Å². The summed E-state index contributed by atoms with van der Waals surface area (Å²) in [7, 11) is -1.45. The molecule has 3 nitrogen and oxygen atoms in total. The number of hydrogen-bond donors (Lipinski definition) is 2. The molecule has 1 heterocycles. The van der Waals surface area contributed by atoms with Crippen LogP contribution in [0.1, 0.15) is 16.7 Å². The molecule has 2 aromatic carbocycles. The Bertz CT molecular complexity index is 1030. The smallest absolute Gasteiger partial charge is 0.179 e. The fourth-order valence-corrected chi connectivity index (χ4v) is 6.23. The molecule has 1 aliphatic carbocycles. The maximum atomic E-state index is 12.1. The number of benzene rings is 2. The Balaban J connectivity index is 2.13. The number of carbonyl (C=O) groups is 1. The monoisotopic (exact) mass is 364 g/mol. The van der Waals surface area contributed by atoms with Crippen molar-refractivity contribution in [2.45, 2.75) is 11.5 Å². The third-order valence-corrected chi connectivity index (χ3v) is 7.89. The van der Waals surface area contributed by atoms with Gasteiger partial charge < -0.3 is 10.2 Å². The molecule has 4 heteroatoms. The highest BCUT2D eigenvalue weighted by Crippen LogP contribution is 2.66. The van der Waals surface area contributed by atoms with Gasteiger partial charge in [0.25, 0.3) is 0 Å². The maximum Gasteiger partial charge on any atom is 0.179 e. The number of phenols is 1. The van der Waals surface area contributed by atoms with Gasteiger partial charge in [-0.15, -0.1) is 0 Å². The van der Waals surface area contributed by atoms with E-state index in [-0.39, 0.29) is 18.1 Å². The van der Waals surface area contributed by atoms with Gasteiger partial charge in [-0.3, -0.25) is 4.79 Å². The molecule has 0 saturated carbocycles. The molecule has 0 aromatic heterocycles. The summed E-state index contributed by atoms with van der Waals surface area (Å²) in [6.45, 7) is -0.0572. The molecule has 0 unspecified atom stereocenters. The summed E-state index contributed by atoms with van der Waals surface area (Å²) in [5.74, 6) is 0.212. The van der Waals surface area contributed by atoms with Crippen LogP contribution in [0, 0.1) is 0 Å². The van der Waals surface area contributed by atoms with E-state index in [9.17, 15) is 15.0 Å². The lowest BCUT2D eigenvalue weighted by molar-refractivity contribution is -0.110. The first-order valence-electron chi connectivity index (χ1n) is 8.38. The molecule has 4 rings (SSSR count). The molecule has 0 atom stereocenters. The minimum Gasteiger partial charge on any atom is -0.508 e. The van der Waals surface area contributed by atoms with Crippen LogP contribution in [-0.4, -0.2) is 28.5 Å². The average molecular weight is 364 g/mol. The fraction of sp³-hybridized carbons (Fsp3) is 0.136. The molecule has 26 heavy (non-hydrogen) atoms.